The van der Waals surface area contributed by atoms with Crippen LogP contribution < -0.4 is 0 Å². The minimum atomic E-state index is -4.68. The summed E-state index contributed by atoms with van der Waals surface area (Å²) in [5.41, 5.74) is 0.0923. The van der Waals surface area contributed by atoms with Crippen LogP contribution in [0.15, 0.2) is 23.4 Å². The Hall–Kier alpha value is -2.00. The first-order valence-electron chi connectivity index (χ1n) is 3.98. The van der Waals surface area contributed by atoms with Crippen LogP contribution in [-0.2, 0) is 10.1 Å². The summed E-state index contributed by atoms with van der Waals surface area (Å²) in [4.78, 5) is 15.5. The van der Waals surface area contributed by atoms with Crippen LogP contribution in [0, 0.1) is 10.1 Å². The van der Waals surface area contributed by atoms with E-state index in [2.05, 4.69) is 9.97 Å². The van der Waals surface area contributed by atoms with Gasteiger partial charge in [-0.3, -0.25) is 10.1 Å². The molecule has 0 aliphatic rings. The maximum atomic E-state index is 10.6. The summed E-state index contributed by atoms with van der Waals surface area (Å²) in [6.45, 7) is 0. The van der Waals surface area contributed by atoms with Crippen LogP contribution in [0.4, 0.5) is 5.69 Å². The normalized spacial score (nSPS) is 11.8. The molecular formula is C7H4N3O5S-. The molecule has 9 heteroatoms. The van der Waals surface area contributed by atoms with Gasteiger partial charge in [-0.1, -0.05) is 0 Å². The first-order chi connectivity index (χ1) is 7.38. The molecule has 0 unspecified atom stereocenters. The van der Waals surface area contributed by atoms with E-state index in [4.69, 9.17) is 0 Å². The maximum absolute atomic E-state index is 10.6. The lowest BCUT2D eigenvalue weighted by Crippen LogP contribution is -2.00. The van der Waals surface area contributed by atoms with Crippen molar-refractivity contribution in [2.75, 3.05) is 0 Å². The summed E-state index contributed by atoms with van der Waals surface area (Å²) in [6.07, 6.45) is 0. The number of nitrogens with one attached hydrogen (secondary N) is 1. The van der Waals surface area contributed by atoms with Gasteiger partial charge in [-0.15, -0.1) is 0 Å². The molecule has 8 nitrogen and oxygen atoms in total. The Morgan fingerprint density at radius 2 is 2.06 bits per heavy atom. The van der Waals surface area contributed by atoms with Crippen LogP contribution in [0.2, 0.25) is 0 Å². The number of imidazole rings is 1. The number of benzene rings is 1. The number of hydrogen-bond acceptors (Lipinski definition) is 6. The van der Waals surface area contributed by atoms with E-state index in [-0.39, 0.29) is 16.7 Å². The third-order valence-electron chi connectivity index (χ3n) is 1.89. The van der Waals surface area contributed by atoms with Gasteiger partial charge in [0.15, 0.2) is 10.1 Å². The molecule has 1 N–H and O–H groups in total. The molecule has 0 fully saturated rings. The first-order valence-corrected chi connectivity index (χ1v) is 5.39. The predicted octanol–water partition coefficient (Wildman–Crippen LogP) is 0.375. The molecular weight excluding hydrogens is 238 g/mol. The lowest BCUT2D eigenvalue weighted by atomic mass is 10.3. The van der Waals surface area contributed by atoms with Gasteiger partial charge in [0.05, 0.1) is 16.0 Å². The van der Waals surface area contributed by atoms with Gasteiger partial charge in [-0.05, 0) is 6.07 Å². The molecule has 0 saturated heterocycles. The van der Waals surface area contributed by atoms with Gasteiger partial charge >= 0.3 is 0 Å². The van der Waals surface area contributed by atoms with Gasteiger partial charge in [0.25, 0.3) is 5.69 Å². The number of rotatable bonds is 2. The molecule has 0 amide bonds. The number of nitrogens with zero attached hydrogens (tertiary/aromatic N) is 2. The fourth-order valence-electron chi connectivity index (χ4n) is 1.21. The van der Waals surface area contributed by atoms with Gasteiger partial charge in [0.2, 0.25) is 5.16 Å². The minimum Gasteiger partial charge on any atom is -0.742 e. The number of fused-ring (bicyclic) bond motifs is 1. The Morgan fingerprint density at radius 1 is 1.38 bits per heavy atom. The SMILES string of the molecule is O=[N+]([O-])c1ccc2nc(S(=O)(=O)[O-])[nH]c2c1. The summed E-state index contributed by atoms with van der Waals surface area (Å²) in [5, 5.41) is 9.69. The fourth-order valence-corrected chi connectivity index (χ4v) is 1.65. The molecule has 0 aliphatic heterocycles. The predicted molar refractivity (Wildman–Crippen MR) is 50.7 cm³/mol. The molecule has 0 spiro atoms. The summed E-state index contributed by atoms with van der Waals surface area (Å²) < 4.78 is 31.9. The standard InChI is InChI=1S/C7H5N3O5S/c11-10(12)4-1-2-5-6(3-4)9-7(8-5)16(13,14)15/h1-3H,(H,8,9)(H,13,14,15)/p-1. The van der Waals surface area contributed by atoms with Gasteiger partial charge in [0, 0.05) is 12.1 Å². The average molecular weight is 242 g/mol. The molecule has 1 aromatic heterocycles. The largest absolute Gasteiger partial charge is 0.742 e. The lowest BCUT2D eigenvalue weighted by molar-refractivity contribution is -0.384. The van der Waals surface area contributed by atoms with Crippen LogP contribution in [0.3, 0.4) is 0 Å². The molecule has 0 atom stereocenters. The van der Waals surface area contributed by atoms with Crippen molar-refractivity contribution in [2.45, 2.75) is 5.16 Å². The van der Waals surface area contributed by atoms with E-state index in [1.807, 2.05) is 0 Å². The Balaban J connectivity index is 2.68. The van der Waals surface area contributed by atoms with E-state index in [1.165, 1.54) is 12.1 Å². The van der Waals surface area contributed by atoms with Gasteiger partial charge in [0.1, 0.15) is 0 Å². The second-order valence-corrected chi connectivity index (χ2v) is 4.25. The molecule has 0 aliphatic carbocycles. The molecule has 2 aromatic rings. The van der Waals surface area contributed by atoms with E-state index in [9.17, 15) is 23.1 Å². The molecule has 0 radical (unpaired) electrons. The van der Waals surface area contributed by atoms with Crippen LogP contribution >= 0.6 is 0 Å². The summed E-state index contributed by atoms with van der Waals surface area (Å²) >= 11 is 0. The number of nitro benzene ring substituents is 1. The van der Waals surface area contributed by atoms with Crippen molar-refractivity contribution in [1.29, 1.82) is 0 Å². The van der Waals surface area contributed by atoms with Gasteiger partial charge in [-0.2, -0.15) is 0 Å². The Kier molecular flexibility index (Phi) is 2.14. The second-order valence-electron chi connectivity index (χ2n) is 2.95. The maximum Gasteiger partial charge on any atom is 0.271 e. The van der Waals surface area contributed by atoms with Gasteiger partial charge in [-0.25, -0.2) is 13.4 Å². The van der Waals surface area contributed by atoms with Crippen molar-refractivity contribution in [1.82, 2.24) is 9.97 Å². The van der Waals surface area contributed by atoms with Crippen molar-refractivity contribution in [2.24, 2.45) is 0 Å². The zero-order valence-corrected chi connectivity index (χ0v) is 8.39. The number of nitro groups is 1. The molecule has 1 heterocycles. The van der Waals surface area contributed by atoms with Crippen molar-refractivity contribution in [3.05, 3.63) is 28.3 Å². The summed E-state index contributed by atoms with van der Waals surface area (Å²) in [6, 6.07) is 3.54. The minimum absolute atomic E-state index is 0.128. The van der Waals surface area contributed by atoms with Crippen LogP contribution in [0.1, 0.15) is 0 Å². The van der Waals surface area contributed by atoms with E-state index in [0.29, 0.717) is 0 Å². The monoisotopic (exact) mass is 242 g/mol. The van der Waals surface area contributed by atoms with Crippen LogP contribution in [-0.4, -0.2) is 27.9 Å². The molecule has 84 valence electrons. The zero-order valence-electron chi connectivity index (χ0n) is 7.58. The third-order valence-corrected chi connectivity index (χ3v) is 2.56. The van der Waals surface area contributed by atoms with Crippen molar-refractivity contribution >= 4 is 26.8 Å². The number of aromatic amines is 1. The summed E-state index contributed by atoms with van der Waals surface area (Å²) in [7, 11) is -4.68. The molecule has 0 bridgehead atoms. The Labute approximate surface area is 88.8 Å². The zero-order chi connectivity index (χ0) is 11.9. The summed E-state index contributed by atoms with van der Waals surface area (Å²) in [5.74, 6) is 0. The van der Waals surface area contributed by atoms with E-state index < -0.39 is 20.2 Å². The van der Waals surface area contributed by atoms with E-state index in [1.54, 1.807) is 0 Å². The first kappa shape index (κ1) is 10.5. The van der Waals surface area contributed by atoms with E-state index >= 15 is 0 Å². The molecule has 1 aromatic carbocycles. The highest BCUT2D eigenvalue weighted by Gasteiger charge is 2.12. The number of hydrogen-bond donors (Lipinski definition) is 1. The Bertz CT molecular complexity index is 674. The fraction of sp³-hybridized carbons (Fsp3) is 0. The molecule has 2 rings (SSSR count). The van der Waals surface area contributed by atoms with Crippen molar-refractivity contribution < 1.29 is 17.9 Å². The number of non-ortho nitro benzene ring substituents is 1. The van der Waals surface area contributed by atoms with Crippen molar-refractivity contribution in [3.8, 4) is 0 Å². The average Bonchev–Trinajstić information content (AvgIpc) is 2.58. The van der Waals surface area contributed by atoms with Gasteiger partial charge < -0.3 is 9.54 Å². The smallest absolute Gasteiger partial charge is 0.271 e. The van der Waals surface area contributed by atoms with Crippen molar-refractivity contribution in [3.63, 3.8) is 0 Å². The highest BCUT2D eigenvalue weighted by Crippen LogP contribution is 2.20. The molecule has 16 heavy (non-hydrogen) atoms. The number of H-pyrrole nitrogens is 1. The lowest BCUT2D eigenvalue weighted by Gasteiger charge is -1.99. The highest BCUT2D eigenvalue weighted by atomic mass is 32.2. The van der Waals surface area contributed by atoms with Crippen LogP contribution in [0.5, 0.6) is 0 Å². The highest BCUT2D eigenvalue weighted by molar-refractivity contribution is 7.85. The van der Waals surface area contributed by atoms with Crippen LogP contribution in [0.25, 0.3) is 11.0 Å². The quantitative estimate of drug-likeness (QED) is 0.460. The topological polar surface area (TPSA) is 129 Å². The third kappa shape index (κ3) is 1.73. The molecule has 0 saturated carbocycles. The van der Waals surface area contributed by atoms with E-state index in [0.717, 1.165) is 6.07 Å². The second kappa shape index (κ2) is 3.25. The number of aromatic nitrogens is 2. The Morgan fingerprint density at radius 3 is 2.62 bits per heavy atom.